The molecule has 0 saturated carbocycles. The Hall–Kier alpha value is -0.900. The summed E-state index contributed by atoms with van der Waals surface area (Å²) in [6, 6.07) is 7.53. The fraction of sp³-hybridized carbons (Fsp3) is 0.500. The average Bonchev–Trinajstić information content (AvgIpc) is 2.29. The highest BCUT2D eigenvalue weighted by atomic mass is 35.5. The molecule has 0 aromatic heterocycles. The van der Waals surface area contributed by atoms with Crippen LogP contribution in [0.5, 0.6) is 0 Å². The maximum atomic E-state index is 12.8. The Labute approximate surface area is 105 Å². The number of anilines is 1. The van der Waals surface area contributed by atoms with Crippen LogP contribution in [0.25, 0.3) is 0 Å². The third-order valence-electron chi connectivity index (χ3n) is 2.97. The fourth-order valence-electron chi connectivity index (χ4n) is 2.20. The van der Waals surface area contributed by atoms with E-state index in [1.165, 1.54) is 4.90 Å². The molecule has 2 rings (SSSR count). The van der Waals surface area contributed by atoms with Gasteiger partial charge < -0.3 is 4.90 Å². The smallest absolute Gasteiger partial charge is 0.360 e. The second-order valence-electron chi connectivity index (χ2n) is 4.08. The van der Waals surface area contributed by atoms with Crippen LogP contribution in [0.3, 0.4) is 0 Å². The van der Waals surface area contributed by atoms with Crippen molar-refractivity contribution in [3.8, 4) is 0 Å². The minimum atomic E-state index is -4.13. The molecule has 1 aliphatic heterocycles. The molecule has 0 aliphatic carbocycles. The molecule has 1 heterocycles. The molecule has 1 fully saturated rings. The van der Waals surface area contributed by atoms with E-state index in [4.69, 9.17) is 0 Å². The third kappa shape index (κ3) is 3.28. The van der Waals surface area contributed by atoms with Crippen molar-refractivity contribution < 1.29 is 13.2 Å². The van der Waals surface area contributed by atoms with Gasteiger partial charge in [0.15, 0.2) is 0 Å². The van der Waals surface area contributed by atoms with Crippen LogP contribution >= 0.6 is 12.4 Å². The number of para-hydroxylation sites is 1. The van der Waals surface area contributed by atoms with Gasteiger partial charge in [-0.25, -0.2) is 0 Å². The number of halogens is 4. The largest absolute Gasteiger partial charge is 0.408 e. The Balaban J connectivity index is 0.00000144. The van der Waals surface area contributed by atoms with E-state index >= 15 is 0 Å². The van der Waals surface area contributed by atoms with Gasteiger partial charge in [0, 0.05) is 12.2 Å². The maximum absolute atomic E-state index is 12.8. The van der Waals surface area contributed by atoms with Crippen LogP contribution in [0.15, 0.2) is 30.3 Å². The molecule has 1 aliphatic rings. The molecule has 1 atom stereocenters. The van der Waals surface area contributed by atoms with Crippen LogP contribution in [0, 0.1) is 0 Å². The van der Waals surface area contributed by atoms with Crippen molar-refractivity contribution in [2.45, 2.75) is 31.5 Å². The summed E-state index contributed by atoms with van der Waals surface area (Å²) in [6.45, 7) is 0.494. The van der Waals surface area contributed by atoms with Gasteiger partial charge in [-0.05, 0) is 31.4 Å². The lowest BCUT2D eigenvalue weighted by molar-refractivity contribution is -0.152. The molecule has 0 bridgehead atoms. The molecule has 0 radical (unpaired) electrons. The third-order valence-corrected chi connectivity index (χ3v) is 2.97. The van der Waals surface area contributed by atoms with Gasteiger partial charge in [0.25, 0.3) is 0 Å². The first kappa shape index (κ1) is 14.2. The number of rotatable bonds is 1. The molecule has 0 N–H and O–H groups in total. The van der Waals surface area contributed by atoms with Gasteiger partial charge in [-0.2, -0.15) is 13.2 Å². The highest BCUT2D eigenvalue weighted by Crippen LogP contribution is 2.34. The minimum Gasteiger partial charge on any atom is -0.360 e. The fourth-order valence-corrected chi connectivity index (χ4v) is 2.20. The standard InChI is InChI=1S/C12H14F3N.ClH/c13-12(14,15)11-8-4-5-9-16(11)10-6-2-1-3-7-10;/h1-3,6-7,11H,4-5,8-9H2;1H. The van der Waals surface area contributed by atoms with Gasteiger partial charge in [0.05, 0.1) is 0 Å². The van der Waals surface area contributed by atoms with E-state index in [0.717, 1.165) is 6.42 Å². The highest BCUT2D eigenvalue weighted by molar-refractivity contribution is 5.85. The van der Waals surface area contributed by atoms with Crippen molar-refractivity contribution in [1.29, 1.82) is 0 Å². The molecule has 96 valence electrons. The molecule has 1 nitrogen and oxygen atoms in total. The first-order valence-corrected chi connectivity index (χ1v) is 5.47. The number of piperidine rings is 1. The van der Waals surface area contributed by atoms with E-state index in [2.05, 4.69) is 0 Å². The number of benzene rings is 1. The summed E-state index contributed by atoms with van der Waals surface area (Å²) >= 11 is 0. The van der Waals surface area contributed by atoms with Gasteiger partial charge in [-0.15, -0.1) is 12.4 Å². The molecule has 5 heteroatoms. The number of nitrogens with zero attached hydrogens (tertiary/aromatic N) is 1. The van der Waals surface area contributed by atoms with Crippen LogP contribution in [0.1, 0.15) is 19.3 Å². The number of alkyl halides is 3. The Kier molecular flexibility index (Phi) is 4.69. The van der Waals surface area contributed by atoms with E-state index in [0.29, 0.717) is 18.7 Å². The Bertz CT molecular complexity index is 339. The molecule has 1 unspecified atom stereocenters. The van der Waals surface area contributed by atoms with Crippen molar-refractivity contribution in [3.63, 3.8) is 0 Å². The Morgan fingerprint density at radius 3 is 2.29 bits per heavy atom. The molecule has 1 aromatic rings. The normalized spacial score (nSPS) is 20.9. The predicted molar refractivity (Wildman–Crippen MR) is 64.7 cm³/mol. The summed E-state index contributed by atoms with van der Waals surface area (Å²) in [7, 11) is 0. The lowest BCUT2D eigenvalue weighted by Crippen LogP contribution is -2.48. The summed E-state index contributed by atoms with van der Waals surface area (Å²) in [6.07, 6.45) is -2.43. The number of hydrogen-bond donors (Lipinski definition) is 0. The van der Waals surface area contributed by atoms with Crippen LogP contribution in [-0.2, 0) is 0 Å². The Morgan fingerprint density at radius 1 is 1.06 bits per heavy atom. The van der Waals surface area contributed by atoms with Gasteiger partial charge in [-0.1, -0.05) is 18.2 Å². The van der Waals surface area contributed by atoms with Gasteiger partial charge >= 0.3 is 6.18 Å². The molecule has 1 saturated heterocycles. The van der Waals surface area contributed by atoms with E-state index < -0.39 is 12.2 Å². The van der Waals surface area contributed by atoms with E-state index in [1.807, 2.05) is 6.07 Å². The lowest BCUT2D eigenvalue weighted by Gasteiger charge is -2.38. The lowest BCUT2D eigenvalue weighted by atomic mass is 10.0. The van der Waals surface area contributed by atoms with Gasteiger partial charge in [0.1, 0.15) is 6.04 Å². The molecule has 1 aromatic carbocycles. The molecular weight excluding hydrogens is 251 g/mol. The monoisotopic (exact) mass is 265 g/mol. The SMILES string of the molecule is Cl.FC(F)(F)C1CCCCN1c1ccccc1. The molecule has 0 amide bonds. The maximum Gasteiger partial charge on any atom is 0.408 e. The molecule has 17 heavy (non-hydrogen) atoms. The van der Waals surface area contributed by atoms with E-state index in [-0.39, 0.29) is 18.8 Å². The van der Waals surface area contributed by atoms with E-state index in [9.17, 15) is 13.2 Å². The summed E-state index contributed by atoms with van der Waals surface area (Å²) in [5.41, 5.74) is 0.671. The highest BCUT2D eigenvalue weighted by Gasteiger charge is 2.44. The van der Waals surface area contributed by atoms with Crippen molar-refractivity contribution in [3.05, 3.63) is 30.3 Å². The van der Waals surface area contributed by atoms with Crippen molar-refractivity contribution >= 4 is 18.1 Å². The van der Waals surface area contributed by atoms with Gasteiger partial charge in [-0.3, -0.25) is 0 Å². The predicted octanol–water partition coefficient (Wildman–Crippen LogP) is 4.03. The van der Waals surface area contributed by atoms with Crippen molar-refractivity contribution in [2.24, 2.45) is 0 Å². The topological polar surface area (TPSA) is 3.24 Å². The van der Waals surface area contributed by atoms with Crippen molar-refractivity contribution in [1.82, 2.24) is 0 Å². The molecule has 0 spiro atoms. The summed E-state index contributed by atoms with van der Waals surface area (Å²) in [5.74, 6) is 0. The van der Waals surface area contributed by atoms with Crippen LogP contribution in [0.4, 0.5) is 18.9 Å². The second kappa shape index (κ2) is 5.63. The van der Waals surface area contributed by atoms with Crippen LogP contribution in [-0.4, -0.2) is 18.8 Å². The summed E-state index contributed by atoms with van der Waals surface area (Å²) < 4.78 is 38.5. The Morgan fingerprint density at radius 2 is 1.71 bits per heavy atom. The summed E-state index contributed by atoms with van der Waals surface area (Å²) in [5, 5.41) is 0. The zero-order valence-corrected chi connectivity index (χ0v) is 10.1. The molecular formula is C12H15ClF3N. The first-order valence-electron chi connectivity index (χ1n) is 5.47. The van der Waals surface area contributed by atoms with Crippen molar-refractivity contribution in [2.75, 3.05) is 11.4 Å². The van der Waals surface area contributed by atoms with Crippen LogP contribution < -0.4 is 4.90 Å². The van der Waals surface area contributed by atoms with E-state index in [1.54, 1.807) is 24.3 Å². The second-order valence-corrected chi connectivity index (χ2v) is 4.08. The quantitative estimate of drug-likeness (QED) is 0.741. The zero-order valence-electron chi connectivity index (χ0n) is 9.28. The van der Waals surface area contributed by atoms with Crippen LogP contribution in [0.2, 0.25) is 0 Å². The minimum absolute atomic E-state index is 0. The average molecular weight is 266 g/mol. The number of hydrogen-bond acceptors (Lipinski definition) is 1. The summed E-state index contributed by atoms with van der Waals surface area (Å²) in [4.78, 5) is 1.48. The van der Waals surface area contributed by atoms with Gasteiger partial charge in [0.2, 0.25) is 0 Å². The zero-order chi connectivity index (χ0) is 11.6. The first-order chi connectivity index (χ1) is 7.59.